The maximum absolute atomic E-state index is 13.0. The van der Waals surface area contributed by atoms with E-state index < -0.39 is 0 Å². The number of nitrogens with one attached hydrogen (secondary N) is 1. The van der Waals surface area contributed by atoms with Crippen LogP contribution in [0.3, 0.4) is 0 Å². The summed E-state index contributed by atoms with van der Waals surface area (Å²) in [5.74, 6) is -0.359. The third-order valence-electron chi connectivity index (χ3n) is 3.64. The molecule has 0 aliphatic carbocycles. The predicted octanol–water partition coefficient (Wildman–Crippen LogP) is 4.08. The number of hydrogen-bond donors (Lipinski definition) is 1. The summed E-state index contributed by atoms with van der Waals surface area (Å²) in [5.41, 5.74) is 1.02. The fourth-order valence-electron chi connectivity index (χ4n) is 2.20. The molecule has 1 aromatic rings. The normalized spacial score (nSPS) is 12.9. The van der Waals surface area contributed by atoms with Crippen LogP contribution < -0.4 is 5.32 Å². The molecule has 20 heavy (non-hydrogen) atoms. The molecule has 0 aliphatic rings. The van der Waals surface area contributed by atoms with Crippen molar-refractivity contribution < 1.29 is 4.39 Å². The molecule has 1 unspecified atom stereocenters. The molecule has 4 heteroatoms. The van der Waals surface area contributed by atoms with Crippen molar-refractivity contribution in [3.63, 3.8) is 0 Å². The molecule has 114 valence electrons. The van der Waals surface area contributed by atoms with Gasteiger partial charge in [0.05, 0.1) is 5.02 Å². The first-order chi connectivity index (χ1) is 9.56. The van der Waals surface area contributed by atoms with Crippen LogP contribution in [-0.4, -0.2) is 30.6 Å². The Kier molecular flexibility index (Phi) is 8.12. The lowest BCUT2D eigenvalue weighted by molar-refractivity contribution is 0.290. The van der Waals surface area contributed by atoms with Crippen molar-refractivity contribution in [3.05, 3.63) is 34.6 Å². The SMILES string of the molecule is CCN(CC)CCCC(C)NCc1ccc(F)c(Cl)c1. The van der Waals surface area contributed by atoms with Gasteiger partial charge in [0, 0.05) is 12.6 Å². The molecule has 0 heterocycles. The second-order valence-corrected chi connectivity index (χ2v) is 5.61. The Bertz CT molecular complexity index is 394. The van der Waals surface area contributed by atoms with E-state index in [4.69, 9.17) is 11.6 Å². The van der Waals surface area contributed by atoms with Crippen LogP contribution in [0.1, 0.15) is 39.2 Å². The highest BCUT2D eigenvalue weighted by molar-refractivity contribution is 6.30. The Labute approximate surface area is 127 Å². The molecule has 2 nitrogen and oxygen atoms in total. The highest BCUT2D eigenvalue weighted by Crippen LogP contribution is 2.16. The zero-order valence-electron chi connectivity index (χ0n) is 12.8. The largest absolute Gasteiger partial charge is 0.310 e. The maximum atomic E-state index is 13.0. The fourth-order valence-corrected chi connectivity index (χ4v) is 2.41. The third-order valence-corrected chi connectivity index (χ3v) is 3.93. The van der Waals surface area contributed by atoms with E-state index in [1.54, 1.807) is 12.1 Å². The van der Waals surface area contributed by atoms with E-state index in [1.807, 2.05) is 0 Å². The molecule has 1 rings (SSSR count). The summed E-state index contributed by atoms with van der Waals surface area (Å²) in [5, 5.41) is 3.65. The van der Waals surface area contributed by atoms with Crippen LogP contribution in [0.25, 0.3) is 0 Å². The molecule has 1 aromatic carbocycles. The van der Waals surface area contributed by atoms with Gasteiger partial charge in [-0.3, -0.25) is 0 Å². The minimum atomic E-state index is -0.359. The first-order valence-electron chi connectivity index (χ1n) is 7.46. The van der Waals surface area contributed by atoms with Crippen LogP contribution in [0, 0.1) is 5.82 Å². The van der Waals surface area contributed by atoms with Crippen molar-refractivity contribution in [1.29, 1.82) is 0 Å². The minimum absolute atomic E-state index is 0.193. The van der Waals surface area contributed by atoms with Gasteiger partial charge in [0.1, 0.15) is 5.82 Å². The van der Waals surface area contributed by atoms with E-state index in [-0.39, 0.29) is 10.8 Å². The highest BCUT2D eigenvalue weighted by Gasteiger charge is 2.05. The van der Waals surface area contributed by atoms with Crippen LogP contribution in [0.5, 0.6) is 0 Å². The number of rotatable bonds is 9. The topological polar surface area (TPSA) is 15.3 Å². The Morgan fingerprint density at radius 2 is 2.00 bits per heavy atom. The summed E-state index contributed by atoms with van der Waals surface area (Å²) in [6.07, 6.45) is 2.34. The van der Waals surface area contributed by atoms with Crippen molar-refractivity contribution in [2.75, 3.05) is 19.6 Å². The monoisotopic (exact) mass is 300 g/mol. The Morgan fingerprint density at radius 1 is 1.30 bits per heavy atom. The summed E-state index contributed by atoms with van der Waals surface area (Å²) >= 11 is 5.77. The smallest absolute Gasteiger partial charge is 0.141 e. The first kappa shape index (κ1) is 17.4. The molecule has 0 amide bonds. The van der Waals surface area contributed by atoms with Crippen molar-refractivity contribution in [2.24, 2.45) is 0 Å². The minimum Gasteiger partial charge on any atom is -0.310 e. The van der Waals surface area contributed by atoms with Crippen LogP contribution in [0.15, 0.2) is 18.2 Å². The lowest BCUT2D eigenvalue weighted by Crippen LogP contribution is -2.28. The van der Waals surface area contributed by atoms with Gasteiger partial charge in [-0.2, -0.15) is 0 Å². The van der Waals surface area contributed by atoms with E-state index in [1.165, 1.54) is 12.5 Å². The quantitative estimate of drug-likeness (QED) is 0.739. The Balaban J connectivity index is 2.25. The van der Waals surface area contributed by atoms with Gasteiger partial charge in [0.15, 0.2) is 0 Å². The van der Waals surface area contributed by atoms with Gasteiger partial charge >= 0.3 is 0 Å². The molecular formula is C16H26ClFN2. The van der Waals surface area contributed by atoms with E-state index >= 15 is 0 Å². The summed E-state index contributed by atoms with van der Waals surface area (Å²) in [7, 11) is 0. The van der Waals surface area contributed by atoms with Gasteiger partial charge in [-0.25, -0.2) is 4.39 Å². The zero-order valence-corrected chi connectivity index (χ0v) is 13.5. The lowest BCUT2D eigenvalue weighted by atomic mass is 10.1. The summed E-state index contributed by atoms with van der Waals surface area (Å²) in [4.78, 5) is 2.44. The van der Waals surface area contributed by atoms with Gasteiger partial charge in [0.2, 0.25) is 0 Å². The third kappa shape index (κ3) is 6.21. The van der Waals surface area contributed by atoms with Gasteiger partial charge in [0.25, 0.3) is 0 Å². The molecule has 0 radical (unpaired) electrons. The summed E-state index contributed by atoms with van der Waals surface area (Å²) < 4.78 is 13.0. The van der Waals surface area contributed by atoms with Crippen LogP contribution >= 0.6 is 11.6 Å². The Morgan fingerprint density at radius 3 is 2.60 bits per heavy atom. The highest BCUT2D eigenvalue weighted by atomic mass is 35.5. The molecule has 0 aliphatic heterocycles. The number of benzene rings is 1. The van der Waals surface area contributed by atoms with Gasteiger partial charge in [-0.1, -0.05) is 31.5 Å². The van der Waals surface area contributed by atoms with Crippen LogP contribution in [0.2, 0.25) is 5.02 Å². The van der Waals surface area contributed by atoms with Crippen molar-refractivity contribution in [3.8, 4) is 0 Å². The van der Waals surface area contributed by atoms with Crippen molar-refractivity contribution in [2.45, 2.75) is 46.2 Å². The number of hydrogen-bond acceptors (Lipinski definition) is 2. The van der Waals surface area contributed by atoms with Gasteiger partial charge in [-0.05, 0) is 57.1 Å². The first-order valence-corrected chi connectivity index (χ1v) is 7.84. The molecule has 0 saturated carbocycles. The second kappa shape index (κ2) is 9.32. The molecule has 0 saturated heterocycles. The predicted molar refractivity (Wildman–Crippen MR) is 84.7 cm³/mol. The van der Waals surface area contributed by atoms with Crippen LogP contribution in [0.4, 0.5) is 4.39 Å². The van der Waals surface area contributed by atoms with Gasteiger partial charge < -0.3 is 10.2 Å². The zero-order chi connectivity index (χ0) is 15.0. The molecule has 1 atom stereocenters. The van der Waals surface area contributed by atoms with Crippen molar-refractivity contribution >= 4 is 11.6 Å². The van der Waals surface area contributed by atoms with Crippen molar-refractivity contribution in [1.82, 2.24) is 10.2 Å². The fraction of sp³-hybridized carbons (Fsp3) is 0.625. The average molecular weight is 301 g/mol. The van der Waals surface area contributed by atoms with E-state index in [0.29, 0.717) is 6.04 Å². The molecular weight excluding hydrogens is 275 g/mol. The maximum Gasteiger partial charge on any atom is 0.141 e. The van der Waals surface area contributed by atoms with E-state index in [0.717, 1.165) is 38.2 Å². The summed E-state index contributed by atoms with van der Waals surface area (Å²) in [6, 6.07) is 5.34. The molecule has 0 bridgehead atoms. The van der Waals surface area contributed by atoms with E-state index in [2.05, 4.69) is 31.0 Å². The molecule has 0 spiro atoms. The molecule has 0 fully saturated rings. The average Bonchev–Trinajstić information content (AvgIpc) is 2.45. The molecule has 1 N–H and O–H groups in total. The Hall–Kier alpha value is -0.640. The lowest BCUT2D eigenvalue weighted by Gasteiger charge is -2.19. The second-order valence-electron chi connectivity index (χ2n) is 5.20. The standard InChI is InChI=1S/C16H26ClFN2/c1-4-20(5-2)10-6-7-13(3)19-12-14-8-9-16(18)15(17)11-14/h8-9,11,13,19H,4-7,10,12H2,1-3H3. The number of halogens is 2. The molecule has 0 aromatic heterocycles. The van der Waals surface area contributed by atoms with Gasteiger partial charge in [-0.15, -0.1) is 0 Å². The van der Waals surface area contributed by atoms with E-state index in [9.17, 15) is 4.39 Å². The summed E-state index contributed by atoms with van der Waals surface area (Å²) in [6.45, 7) is 10.7. The number of nitrogens with zero attached hydrogens (tertiary/aromatic N) is 1. The van der Waals surface area contributed by atoms with Crippen LogP contribution in [-0.2, 0) is 6.54 Å².